The molecule has 21 heavy (non-hydrogen) atoms. The first-order valence-corrected chi connectivity index (χ1v) is 7.57. The number of nitrogens with one attached hydrogen (secondary N) is 1. The van der Waals surface area contributed by atoms with E-state index in [0.29, 0.717) is 35.2 Å². The quantitative estimate of drug-likeness (QED) is 0.909. The van der Waals surface area contributed by atoms with E-state index < -0.39 is 5.60 Å². The first-order chi connectivity index (χ1) is 10.1. The fraction of sp³-hybridized carbons (Fsp3) is 0.429. The molecule has 7 heteroatoms. The second-order valence-corrected chi connectivity index (χ2v) is 6.28. The Balaban J connectivity index is 1.74. The van der Waals surface area contributed by atoms with Gasteiger partial charge in [-0.05, 0) is 37.1 Å². The number of rotatable bonds is 3. The summed E-state index contributed by atoms with van der Waals surface area (Å²) in [6, 6.07) is 5.50. The number of hydrogen-bond acceptors (Lipinski definition) is 4. The first-order valence-electron chi connectivity index (χ1n) is 6.82. The standard InChI is InChI=1S/C14H16Cl2N4O/c15-11-3-2-10(12(16)6-11)8-20-5-1-4-14(21,9-20)13-7-17-19-18-13/h2-3,6-7,21H,1,4-5,8-9H2,(H,17,18,19)/t14-/m1/s1. The van der Waals surface area contributed by atoms with Gasteiger partial charge >= 0.3 is 0 Å². The van der Waals surface area contributed by atoms with Gasteiger partial charge in [0.2, 0.25) is 0 Å². The zero-order chi connectivity index (χ0) is 14.9. The van der Waals surface area contributed by atoms with Crippen LogP contribution < -0.4 is 0 Å². The minimum absolute atomic E-state index is 0.512. The summed E-state index contributed by atoms with van der Waals surface area (Å²) in [4.78, 5) is 2.17. The summed E-state index contributed by atoms with van der Waals surface area (Å²) in [5, 5.41) is 22.4. The number of H-pyrrole nitrogens is 1. The molecule has 0 aliphatic carbocycles. The predicted octanol–water partition coefficient (Wildman–Crippen LogP) is 2.60. The predicted molar refractivity (Wildman–Crippen MR) is 81.3 cm³/mol. The van der Waals surface area contributed by atoms with Crippen molar-refractivity contribution in [2.24, 2.45) is 0 Å². The molecular formula is C14H16Cl2N4O. The number of aromatic amines is 1. The number of nitrogens with zero attached hydrogens (tertiary/aromatic N) is 3. The number of piperidine rings is 1. The smallest absolute Gasteiger partial charge is 0.123 e. The topological polar surface area (TPSA) is 65.0 Å². The lowest BCUT2D eigenvalue weighted by Crippen LogP contribution is -2.45. The zero-order valence-corrected chi connectivity index (χ0v) is 12.9. The molecule has 1 atom stereocenters. The van der Waals surface area contributed by atoms with Gasteiger partial charge in [-0.2, -0.15) is 15.4 Å². The Morgan fingerprint density at radius 3 is 2.95 bits per heavy atom. The number of aromatic nitrogens is 3. The third kappa shape index (κ3) is 3.21. The van der Waals surface area contributed by atoms with Gasteiger partial charge < -0.3 is 5.11 Å². The molecule has 1 fully saturated rings. The summed E-state index contributed by atoms with van der Waals surface area (Å²) in [6.07, 6.45) is 3.16. The van der Waals surface area contributed by atoms with Crippen LogP contribution in [0, 0.1) is 0 Å². The summed E-state index contributed by atoms with van der Waals surface area (Å²) < 4.78 is 0. The van der Waals surface area contributed by atoms with Crippen molar-refractivity contribution in [3.63, 3.8) is 0 Å². The van der Waals surface area contributed by atoms with Crippen molar-refractivity contribution in [2.45, 2.75) is 25.0 Å². The highest BCUT2D eigenvalue weighted by molar-refractivity contribution is 6.35. The van der Waals surface area contributed by atoms with E-state index in [-0.39, 0.29) is 0 Å². The maximum atomic E-state index is 10.8. The Hall–Kier alpha value is -1.14. The SMILES string of the molecule is O[C@]1(c2cn[nH]n2)CCCN(Cc2ccc(Cl)cc2Cl)C1. The number of likely N-dealkylation sites (tertiary alicyclic amines) is 1. The molecule has 3 rings (SSSR count). The van der Waals surface area contributed by atoms with E-state index in [4.69, 9.17) is 23.2 Å². The lowest BCUT2D eigenvalue weighted by molar-refractivity contribution is -0.0414. The van der Waals surface area contributed by atoms with Crippen molar-refractivity contribution in [2.75, 3.05) is 13.1 Å². The Labute approximate surface area is 132 Å². The summed E-state index contributed by atoms with van der Waals surface area (Å²) in [6.45, 7) is 2.10. The molecule has 0 amide bonds. The average molecular weight is 327 g/mol. The van der Waals surface area contributed by atoms with E-state index in [1.807, 2.05) is 12.1 Å². The first kappa shape index (κ1) is 14.8. The van der Waals surface area contributed by atoms with Gasteiger partial charge in [-0.3, -0.25) is 4.90 Å². The molecule has 5 nitrogen and oxygen atoms in total. The minimum atomic E-state index is -0.954. The second kappa shape index (κ2) is 5.93. The highest BCUT2D eigenvalue weighted by atomic mass is 35.5. The van der Waals surface area contributed by atoms with Crippen LogP contribution in [0.3, 0.4) is 0 Å². The maximum Gasteiger partial charge on any atom is 0.123 e. The van der Waals surface area contributed by atoms with Gasteiger partial charge in [0.1, 0.15) is 11.3 Å². The highest BCUT2D eigenvalue weighted by Gasteiger charge is 2.37. The number of aliphatic hydroxyl groups is 1. The van der Waals surface area contributed by atoms with Crippen LogP contribution in [0.4, 0.5) is 0 Å². The van der Waals surface area contributed by atoms with Crippen LogP contribution in [0.25, 0.3) is 0 Å². The summed E-state index contributed by atoms with van der Waals surface area (Å²) in [7, 11) is 0. The van der Waals surface area contributed by atoms with Crippen molar-refractivity contribution < 1.29 is 5.11 Å². The van der Waals surface area contributed by atoms with Gasteiger partial charge in [-0.1, -0.05) is 29.3 Å². The summed E-state index contributed by atoms with van der Waals surface area (Å²) >= 11 is 12.1. The van der Waals surface area contributed by atoms with E-state index >= 15 is 0 Å². The van der Waals surface area contributed by atoms with Crippen molar-refractivity contribution in [3.8, 4) is 0 Å². The molecule has 112 valence electrons. The molecule has 2 aromatic rings. The van der Waals surface area contributed by atoms with E-state index in [0.717, 1.165) is 18.5 Å². The lowest BCUT2D eigenvalue weighted by Gasteiger charge is -2.38. The summed E-state index contributed by atoms with van der Waals surface area (Å²) in [5.41, 5.74) is 0.643. The fourth-order valence-electron chi connectivity index (χ4n) is 2.78. The fourth-order valence-corrected chi connectivity index (χ4v) is 3.25. The molecule has 0 spiro atoms. The third-order valence-electron chi connectivity index (χ3n) is 3.85. The van der Waals surface area contributed by atoms with Crippen molar-refractivity contribution in [3.05, 3.63) is 45.7 Å². The van der Waals surface area contributed by atoms with Crippen molar-refractivity contribution in [1.29, 1.82) is 0 Å². The minimum Gasteiger partial charge on any atom is -0.382 e. The number of benzene rings is 1. The molecule has 0 bridgehead atoms. The van der Waals surface area contributed by atoms with Gasteiger partial charge in [0, 0.05) is 23.1 Å². The van der Waals surface area contributed by atoms with E-state index in [2.05, 4.69) is 20.3 Å². The molecule has 2 N–H and O–H groups in total. The van der Waals surface area contributed by atoms with Crippen LogP contribution in [0.15, 0.2) is 24.4 Å². The van der Waals surface area contributed by atoms with Gasteiger partial charge in [-0.25, -0.2) is 0 Å². The molecule has 0 unspecified atom stereocenters. The molecular weight excluding hydrogens is 311 g/mol. The van der Waals surface area contributed by atoms with Crippen LogP contribution in [0.2, 0.25) is 10.0 Å². The van der Waals surface area contributed by atoms with Crippen LogP contribution in [-0.2, 0) is 12.1 Å². The Kier molecular flexibility index (Phi) is 4.17. The van der Waals surface area contributed by atoms with E-state index in [9.17, 15) is 5.11 Å². The number of halogens is 2. The van der Waals surface area contributed by atoms with Gasteiger partial charge in [0.25, 0.3) is 0 Å². The van der Waals surface area contributed by atoms with E-state index in [1.165, 1.54) is 0 Å². The van der Waals surface area contributed by atoms with Crippen LogP contribution in [0.5, 0.6) is 0 Å². The summed E-state index contributed by atoms with van der Waals surface area (Å²) in [5.74, 6) is 0. The van der Waals surface area contributed by atoms with E-state index in [1.54, 1.807) is 12.3 Å². The molecule has 0 radical (unpaired) electrons. The Morgan fingerprint density at radius 2 is 2.24 bits per heavy atom. The molecule has 1 aliphatic rings. The number of hydrogen-bond donors (Lipinski definition) is 2. The zero-order valence-electron chi connectivity index (χ0n) is 11.4. The van der Waals surface area contributed by atoms with Gasteiger partial charge in [0.05, 0.1) is 6.20 Å². The van der Waals surface area contributed by atoms with Crippen molar-refractivity contribution in [1.82, 2.24) is 20.3 Å². The molecule has 0 saturated carbocycles. The van der Waals surface area contributed by atoms with Crippen molar-refractivity contribution >= 4 is 23.2 Å². The third-order valence-corrected chi connectivity index (χ3v) is 4.44. The van der Waals surface area contributed by atoms with Gasteiger partial charge in [0.15, 0.2) is 0 Å². The molecule has 2 heterocycles. The molecule has 1 aromatic carbocycles. The second-order valence-electron chi connectivity index (χ2n) is 5.44. The van der Waals surface area contributed by atoms with Gasteiger partial charge in [-0.15, -0.1) is 0 Å². The lowest BCUT2D eigenvalue weighted by atomic mass is 9.90. The Morgan fingerprint density at radius 1 is 1.38 bits per heavy atom. The number of β-amino-alcohol motifs (C(OH)–C–C–N with tert-alkyl or cyclic N) is 1. The molecule has 1 saturated heterocycles. The van der Waals surface area contributed by atoms with Crippen LogP contribution in [-0.4, -0.2) is 38.5 Å². The molecule has 1 aromatic heterocycles. The molecule has 1 aliphatic heterocycles. The van der Waals surface area contributed by atoms with Crippen LogP contribution in [0.1, 0.15) is 24.1 Å². The maximum absolute atomic E-state index is 10.8. The Bertz CT molecular complexity index is 619. The largest absolute Gasteiger partial charge is 0.382 e. The average Bonchev–Trinajstić information content (AvgIpc) is 2.97. The normalized spacial score (nSPS) is 23.4. The monoisotopic (exact) mass is 326 g/mol. The highest BCUT2D eigenvalue weighted by Crippen LogP contribution is 2.31. The van der Waals surface area contributed by atoms with Crippen LogP contribution >= 0.6 is 23.2 Å².